The molecule has 0 aliphatic heterocycles. The summed E-state index contributed by atoms with van der Waals surface area (Å²) < 4.78 is 0. The van der Waals surface area contributed by atoms with Gasteiger partial charge in [-0.3, -0.25) is 14.9 Å². The van der Waals surface area contributed by atoms with Crippen molar-refractivity contribution < 1.29 is 9.72 Å². The van der Waals surface area contributed by atoms with E-state index in [2.05, 4.69) is 15.3 Å². The number of carbonyl (C=O) groups is 1. The van der Waals surface area contributed by atoms with E-state index in [0.29, 0.717) is 13.0 Å². The molecular formula is C12H11ClN4O3. The van der Waals surface area contributed by atoms with Crippen LogP contribution in [0.15, 0.2) is 30.7 Å². The summed E-state index contributed by atoms with van der Waals surface area (Å²) in [5, 5.41) is 13.7. The summed E-state index contributed by atoms with van der Waals surface area (Å²) in [6, 6.07) is 3.94. The van der Waals surface area contributed by atoms with Crippen molar-refractivity contribution in [3.05, 3.63) is 57.1 Å². The number of nitro groups is 1. The van der Waals surface area contributed by atoms with Crippen molar-refractivity contribution in [2.75, 3.05) is 6.54 Å². The van der Waals surface area contributed by atoms with E-state index in [1.54, 1.807) is 12.5 Å². The lowest BCUT2D eigenvalue weighted by molar-refractivity contribution is -0.385. The largest absolute Gasteiger partial charge is 0.351 e. The summed E-state index contributed by atoms with van der Waals surface area (Å²) in [6.45, 7) is 0.348. The minimum absolute atomic E-state index is 0.0102. The van der Waals surface area contributed by atoms with Crippen molar-refractivity contribution in [3.8, 4) is 0 Å². The molecule has 1 amide bonds. The minimum atomic E-state index is -0.629. The average Bonchev–Trinajstić information content (AvgIpc) is 2.91. The number of aromatic nitrogens is 2. The SMILES string of the molecule is O=C(NCCc1cnc[nH]1)c1ccc(Cl)cc1[N+](=O)[O-]. The molecule has 1 aromatic carbocycles. The maximum absolute atomic E-state index is 11.9. The number of rotatable bonds is 5. The molecule has 0 aliphatic rings. The number of H-pyrrole nitrogens is 1. The van der Waals surface area contributed by atoms with Crippen molar-refractivity contribution in [2.24, 2.45) is 0 Å². The first kappa shape index (κ1) is 14.0. The second kappa shape index (κ2) is 6.16. The normalized spacial score (nSPS) is 10.2. The molecule has 2 rings (SSSR count). The number of imidazole rings is 1. The quantitative estimate of drug-likeness (QED) is 0.650. The molecule has 0 radical (unpaired) electrons. The molecule has 8 heteroatoms. The highest BCUT2D eigenvalue weighted by molar-refractivity contribution is 6.31. The lowest BCUT2D eigenvalue weighted by atomic mass is 10.1. The van der Waals surface area contributed by atoms with Crippen molar-refractivity contribution >= 4 is 23.2 Å². The standard InChI is InChI=1S/C12H11ClN4O3/c13-8-1-2-10(11(5-8)17(19)20)12(18)15-4-3-9-6-14-7-16-9/h1-2,5-7H,3-4H2,(H,14,16)(H,15,18). The zero-order valence-electron chi connectivity index (χ0n) is 10.3. The molecule has 20 heavy (non-hydrogen) atoms. The van der Waals surface area contributed by atoms with Crippen LogP contribution in [-0.4, -0.2) is 27.3 Å². The van der Waals surface area contributed by atoms with Gasteiger partial charge >= 0.3 is 0 Å². The predicted molar refractivity (Wildman–Crippen MR) is 72.7 cm³/mol. The zero-order valence-corrected chi connectivity index (χ0v) is 11.1. The first-order chi connectivity index (χ1) is 9.58. The molecule has 0 unspecified atom stereocenters. The van der Waals surface area contributed by atoms with Gasteiger partial charge in [0.1, 0.15) is 5.56 Å². The van der Waals surface area contributed by atoms with Gasteiger partial charge in [0.05, 0.1) is 11.3 Å². The van der Waals surface area contributed by atoms with Gasteiger partial charge in [0, 0.05) is 35.9 Å². The Morgan fingerprint density at radius 3 is 2.95 bits per heavy atom. The number of benzene rings is 1. The number of carbonyl (C=O) groups excluding carboxylic acids is 1. The number of hydrogen-bond acceptors (Lipinski definition) is 4. The van der Waals surface area contributed by atoms with Crippen molar-refractivity contribution in [1.29, 1.82) is 0 Å². The highest BCUT2D eigenvalue weighted by Gasteiger charge is 2.20. The van der Waals surface area contributed by atoms with Crippen LogP contribution in [0.1, 0.15) is 16.1 Å². The van der Waals surface area contributed by atoms with Gasteiger partial charge < -0.3 is 10.3 Å². The average molecular weight is 295 g/mol. The topological polar surface area (TPSA) is 101 Å². The maximum atomic E-state index is 11.9. The number of amides is 1. The summed E-state index contributed by atoms with van der Waals surface area (Å²) in [6.07, 6.45) is 3.76. The highest BCUT2D eigenvalue weighted by Crippen LogP contribution is 2.22. The summed E-state index contributed by atoms with van der Waals surface area (Å²) >= 11 is 5.69. The molecular weight excluding hydrogens is 284 g/mol. The van der Waals surface area contributed by atoms with Crippen LogP contribution in [0.3, 0.4) is 0 Å². The van der Waals surface area contributed by atoms with Crippen LogP contribution in [0.2, 0.25) is 5.02 Å². The van der Waals surface area contributed by atoms with E-state index in [4.69, 9.17) is 11.6 Å². The number of nitro benzene ring substituents is 1. The number of aromatic amines is 1. The second-order valence-corrected chi connectivity index (χ2v) is 4.44. The second-order valence-electron chi connectivity index (χ2n) is 4.00. The van der Waals surface area contributed by atoms with Crippen LogP contribution in [-0.2, 0) is 6.42 Å². The van der Waals surface area contributed by atoms with E-state index < -0.39 is 10.8 Å². The monoisotopic (exact) mass is 294 g/mol. The molecule has 2 N–H and O–H groups in total. The lowest BCUT2D eigenvalue weighted by Gasteiger charge is -2.05. The molecule has 0 aliphatic carbocycles. The first-order valence-electron chi connectivity index (χ1n) is 5.77. The summed E-state index contributed by atoms with van der Waals surface area (Å²) in [5.74, 6) is -0.507. The number of halogens is 1. The third kappa shape index (κ3) is 3.33. The first-order valence-corrected chi connectivity index (χ1v) is 6.15. The molecule has 1 heterocycles. The van der Waals surface area contributed by atoms with Crippen LogP contribution in [0, 0.1) is 10.1 Å². The molecule has 0 atom stereocenters. The van der Waals surface area contributed by atoms with Crippen LogP contribution in [0.5, 0.6) is 0 Å². The van der Waals surface area contributed by atoms with Crippen molar-refractivity contribution in [2.45, 2.75) is 6.42 Å². The Bertz CT molecular complexity index is 628. The van der Waals surface area contributed by atoms with Crippen LogP contribution >= 0.6 is 11.6 Å². The molecule has 2 aromatic rings. The Balaban J connectivity index is 2.03. The van der Waals surface area contributed by atoms with Gasteiger partial charge in [0.2, 0.25) is 0 Å². The predicted octanol–water partition coefficient (Wildman–Crippen LogP) is 1.94. The van der Waals surface area contributed by atoms with Gasteiger partial charge in [-0.15, -0.1) is 0 Å². The summed E-state index contributed by atoms with van der Waals surface area (Å²) in [5.41, 5.74) is 0.552. The minimum Gasteiger partial charge on any atom is -0.351 e. The van der Waals surface area contributed by atoms with Crippen LogP contribution < -0.4 is 5.32 Å². The Hall–Kier alpha value is -2.41. The number of nitrogens with one attached hydrogen (secondary N) is 2. The third-order valence-electron chi connectivity index (χ3n) is 2.64. The smallest absolute Gasteiger partial charge is 0.283 e. The van der Waals surface area contributed by atoms with Crippen molar-refractivity contribution in [1.82, 2.24) is 15.3 Å². The van der Waals surface area contributed by atoms with E-state index in [1.807, 2.05) is 0 Å². The molecule has 0 saturated carbocycles. The lowest BCUT2D eigenvalue weighted by Crippen LogP contribution is -2.26. The molecule has 7 nitrogen and oxygen atoms in total. The molecule has 0 bridgehead atoms. The maximum Gasteiger partial charge on any atom is 0.283 e. The van der Waals surface area contributed by atoms with Gasteiger partial charge in [0.15, 0.2) is 0 Å². The summed E-state index contributed by atoms with van der Waals surface area (Å²) in [4.78, 5) is 28.9. The third-order valence-corrected chi connectivity index (χ3v) is 2.87. The van der Waals surface area contributed by atoms with E-state index in [-0.39, 0.29) is 16.3 Å². The Kier molecular flexibility index (Phi) is 4.31. The van der Waals surface area contributed by atoms with Gasteiger partial charge in [-0.1, -0.05) is 11.6 Å². The van der Waals surface area contributed by atoms with E-state index in [0.717, 1.165) is 11.8 Å². The zero-order chi connectivity index (χ0) is 14.5. The molecule has 1 aromatic heterocycles. The Morgan fingerprint density at radius 1 is 1.50 bits per heavy atom. The molecule has 0 fully saturated rings. The fourth-order valence-electron chi connectivity index (χ4n) is 1.68. The Morgan fingerprint density at radius 2 is 2.30 bits per heavy atom. The van der Waals surface area contributed by atoms with Gasteiger partial charge in [0.25, 0.3) is 11.6 Å². The highest BCUT2D eigenvalue weighted by atomic mass is 35.5. The fraction of sp³-hybridized carbons (Fsp3) is 0.167. The summed E-state index contributed by atoms with van der Waals surface area (Å²) in [7, 11) is 0. The Labute approximate surface area is 119 Å². The molecule has 0 spiro atoms. The number of nitrogens with zero attached hydrogens (tertiary/aromatic N) is 2. The van der Waals surface area contributed by atoms with Gasteiger partial charge in [-0.2, -0.15) is 0 Å². The van der Waals surface area contributed by atoms with E-state index in [9.17, 15) is 14.9 Å². The fourth-order valence-corrected chi connectivity index (χ4v) is 1.84. The van der Waals surface area contributed by atoms with Crippen molar-refractivity contribution in [3.63, 3.8) is 0 Å². The van der Waals surface area contributed by atoms with Crippen LogP contribution in [0.4, 0.5) is 5.69 Å². The van der Waals surface area contributed by atoms with Gasteiger partial charge in [-0.05, 0) is 12.1 Å². The molecule has 104 valence electrons. The number of hydrogen-bond donors (Lipinski definition) is 2. The van der Waals surface area contributed by atoms with Crippen LogP contribution in [0.25, 0.3) is 0 Å². The van der Waals surface area contributed by atoms with Gasteiger partial charge in [-0.25, -0.2) is 4.98 Å². The molecule has 0 saturated heterocycles. The van der Waals surface area contributed by atoms with E-state index >= 15 is 0 Å². The van der Waals surface area contributed by atoms with E-state index in [1.165, 1.54) is 12.1 Å².